The smallest absolute Gasteiger partial charge is 0.254 e. The van der Waals surface area contributed by atoms with Crippen LogP contribution in [0.2, 0.25) is 5.02 Å². The molecule has 0 radical (unpaired) electrons. The molecule has 3 nitrogen and oxygen atoms in total. The first-order valence-corrected chi connectivity index (χ1v) is 6.92. The molecule has 1 atom stereocenters. The number of rotatable bonds is 3. The highest BCUT2D eigenvalue weighted by molar-refractivity contribution is 9.10. The van der Waals surface area contributed by atoms with Crippen molar-refractivity contribution in [2.24, 2.45) is 0 Å². The van der Waals surface area contributed by atoms with E-state index in [0.717, 1.165) is 5.56 Å². The first-order chi connectivity index (χ1) is 9.08. The Labute approximate surface area is 125 Å². The van der Waals surface area contributed by atoms with E-state index in [1.54, 1.807) is 30.5 Å². The Morgan fingerprint density at radius 1 is 1.32 bits per heavy atom. The Hall–Kier alpha value is -1.39. The van der Waals surface area contributed by atoms with Crippen LogP contribution in [-0.2, 0) is 0 Å². The monoisotopic (exact) mass is 338 g/mol. The molecule has 2 aromatic rings. The van der Waals surface area contributed by atoms with E-state index in [0.29, 0.717) is 15.2 Å². The molecule has 0 saturated carbocycles. The molecule has 0 bridgehead atoms. The molecule has 19 heavy (non-hydrogen) atoms. The molecule has 0 aliphatic rings. The first kappa shape index (κ1) is 14.0. The maximum absolute atomic E-state index is 12.1. The minimum absolute atomic E-state index is 0.100. The summed E-state index contributed by atoms with van der Waals surface area (Å²) in [5, 5.41) is 3.60. The molecule has 5 heteroatoms. The van der Waals surface area contributed by atoms with E-state index in [1.165, 1.54) is 0 Å². The van der Waals surface area contributed by atoms with Crippen molar-refractivity contribution in [2.45, 2.75) is 13.0 Å². The van der Waals surface area contributed by atoms with Gasteiger partial charge in [-0.3, -0.25) is 4.79 Å². The second-order valence-corrected chi connectivity index (χ2v) is 5.28. The average molecular weight is 340 g/mol. The Balaban J connectivity index is 2.11. The summed E-state index contributed by atoms with van der Waals surface area (Å²) in [6.45, 7) is 1.92. The number of hydrogen-bond donors (Lipinski definition) is 1. The molecular formula is C14H12BrClN2O. The van der Waals surface area contributed by atoms with Crippen molar-refractivity contribution in [3.8, 4) is 0 Å². The maximum Gasteiger partial charge on any atom is 0.254 e. The van der Waals surface area contributed by atoms with Crippen LogP contribution in [-0.4, -0.2) is 10.9 Å². The fraction of sp³-hybridized carbons (Fsp3) is 0.143. The Bertz CT molecular complexity index is 586. The van der Waals surface area contributed by atoms with Crippen LogP contribution in [0.1, 0.15) is 28.9 Å². The number of benzene rings is 1. The molecule has 98 valence electrons. The lowest BCUT2D eigenvalue weighted by atomic mass is 10.1. The number of carbonyl (C=O) groups is 1. The maximum atomic E-state index is 12.1. The van der Waals surface area contributed by atoms with Crippen LogP contribution in [0.15, 0.2) is 47.2 Å². The second-order valence-electron chi connectivity index (χ2n) is 4.09. The molecule has 0 spiro atoms. The van der Waals surface area contributed by atoms with Crippen molar-refractivity contribution in [3.05, 3.63) is 63.3 Å². The lowest BCUT2D eigenvalue weighted by Crippen LogP contribution is -2.27. The largest absolute Gasteiger partial charge is 0.345 e. The number of halogens is 2. The van der Waals surface area contributed by atoms with Crippen molar-refractivity contribution in [2.75, 3.05) is 0 Å². The van der Waals surface area contributed by atoms with Gasteiger partial charge in [-0.1, -0.05) is 23.7 Å². The molecular weight excluding hydrogens is 328 g/mol. The molecule has 0 aliphatic carbocycles. The van der Waals surface area contributed by atoms with Crippen LogP contribution in [0.3, 0.4) is 0 Å². The van der Waals surface area contributed by atoms with E-state index in [1.807, 2.05) is 19.1 Å². The molecule has 0 aliphatic heterocycles. The molecule has 0 fully saturated rings. The predicted molar refractivity (Wildman–Crippen MR) is 79.3 cm³/mol. The fourth-order valence-electron chi connectivity index (χ4n) is 1.66. The highest BCUT2D eigenvalue weighted by Gasteiger charge is 2.14. The number of nitrogens with one attached hydrogen (secondary N) is 1. The number of aromatic nitrogens is 1. The van der Waals surface area contributed by atoms with Crippen molar-refractivity contribution in [1.29, 1.82) is 0 Å². The van der Waals surface area contributed by atoms with Crippen molar-refractivity contribution < 1.29 is 4.79 Å². The fourth-order valence-corrected chi connectivity index (χ4v) is 2.22. The zero-order valence-electron chi connectivity index (χ0n) is 10.2. The van der Waals surface area contributed by atoms with E-state index < -0.39 is 0 Å². The lowest BCUT2D eigenvalue weighted by molar-refractivity contribution is 0.0938. The van der Waals surface area contributed by atoms with Gasteiger partial charge < -0.3 is 5.32 Å². The summed E-state index contributed by atoms with van der Waals surface area (Å²) < 4.78 is 0.538. The molecule has 1 aromatic carbocycles. The minimum Gasteiger partial charge on any atom is -0.345 e. The third kappa shape index (κ3) is 3.55. The average Bonchev–Trinajstić information content (AvgIpc) is 2.39. The molecule has 1 unspecified atom stereocenters. The lowest BCUT2D eigenvalue weighted by Gasteiger charge is -2.14. The highest BCUT2D eigenvalue weighted by Crippen LogP contribution is 2.18. The summed E-state index contributed by atoms with van der Waals surface area (Å²) in [6, 6.07) is 10.8. The van der Waals surface area contributed by atoms with Gasteiger partial charge in [0, 0.05) is 11.2 Å². The topological polar surface area (TPSA) is 42.0 Å². The quantitative estimate of drug-likeness (QED) is 0.859. The Kier molecular flexibility index (Phi) is 4.56. The van der Waals surface area contributed by atoms with E-state index in [2.05, 4.69) is 26.2 Å². The zero-order valence-corrected chi connectivity index (χ0v) is 12.6. The third-order valence-electron chi connectivity index (χ3n) is 2.72. The summed E-state index contributed by atoms with van der Waals surface area (Å²) in [5.74, 6) is -0.164. The molecule has 1 amide bonds. The van der Waals surface area contributed by atoms with Crippen LogP contribution in [0.25, 0.3) is 0 Å². The standard InChI is InChI=1S/C14H12BrClN2O/c1-9(10-4-6-11(16)7-5-10)18-14(19)12-3-2-8-17-13(12)15/h2-9H,1H3,(H,18,19). The zero-order chi connectivity index (χ0) is 13.8. The van der Waals surface area contributed by atoms with Gasteiger partial charge in [0.2, 0.25) is 0 Å². The summed E-state index contributed by atoms with van der Waals surface area (Å²) >= 11 is 9.10. The Morgan fingerprint density at radius 3 is 2.63 bits per heavy atom. The molecule has 1 aromatic heterocycles. The van der Waals surface area contributed by atoms with E-state index in [9.17, 15) is 4.79 Å². The van der Waals surface area contributed by atoms with E-state index in [-0.39, 0.29) is 11.9 Å². The van der Waals surface area contributed by atoms with Gasteiger partial charge in [-0.05, 0) is 52.7 Å². The summed E-state index contributed by atoms with van der Waals surface area (Å²) in [7, 11) is 0. The number of hydrogen-bond acceptors (Lipinski definition) is 2. The summed E-state index contributed by atoms with van der Waals surface area (Å²) in [4.78, 5) is 16.1. The SMILES string of the molecule is CC(NC(=O)c1cccnc1Br)c1ccc(Cl)cc1. The van der Waals surface area contributed by atoms with Crippen molar-refractivity contribution in [3.63, 3.8) is 0 Å². The van der Waals surface area contributed by atoms with Gasteiger partial charge in [-0.2, -0.15) is 0 Å². The second kappa shape index (κ2) is 6.17. The number of carbonyl (C=O) groups excluding carboxylic acids is 1. The summed E-state index contributed by atoms with van der Waals surface area (Å²) in [6.07, 6.45) is 1.63. The number of nitrogens with zero attached hydrogens (tertiary/aromatic N) is 1. The van der Waals surface area contributed by atoms with Gasteiger partial charge in [0.05, 0.1) is 11.6 Å². The van der Waals surface area contributed by atoms with Crippen LogP contribution in [0, 0.1) is 0 Å². The molecule has 1 heterocycles. The molecule has 1 N–H and O–H groups in total. The molecule has 2 rings (SSSR count). The first-order valence-electron chi connectivity index (χ1n) is 5.75. The normalized spacial score (nSPS) is 11.9. The number of pyridine rings is 1. The van der Waals surface area contributed by atoms with Gasteiger partial charge in [-0.25, -0.2) is 4.98 Å². The van der Waals surface area contributed by atoms with Crippen molar-refractivity contribution in [1.82, 2.24) is 10.3 Å². The van der Waals surface area contributed by atoms with Crippen LogP contribution < -0.4 is 5.32 Å². The third-order valence-corrected chi connectivity index (χ3v) is 3.61. The number of amides is 1. The van der Waals surface area contributed by atoms with Crippen LogP contribution in [0.4, 0.5) is 0 Å². The minimum atomic E-state index is -0.164. The van der Waals surface area contributed by atoms with Crippen LogP contribution >= 0.6 is 27.5 Å². The van der Waals surface area contributed by atoms with Gasteiger partial charge in [0.25, 0.3) is 5.91 Å². The van der Waals surface area contributed by atoms with Crippen molar-refractivity contribution >= 4 is 33.4 Å². The predicted octanol–water partition coefficient (Wildman–Crippen LogP) is 3.99. The van der Waals surface area contributed by atoms with Gasteiger partial charge in [0.15, 0.2) is 0 Å². The van der Waals surface area contributed by atoms with Gasteiger partial charge in [0.1, 0.15) is 4.60 Å². The van der Waals surface area contributed by atoms with Gasteiger partial charge in [-0.15, -0.1) is 0 Å². The van der Waals surface area contributed by atoms with Crippen LogP contribution in [0.5, 0.6) is 0 Å². The van der Waals surface area contributed by atoms with E-state index >= 15 is 0 Å². The Morgan fingerprint density at radius 2 is 2.00 bits per heavy atom. The highest BCUT2D eigenvalue weighted by atomic mass is 79.9. The van der Waals surface area contributed by atoms with Gasteiger partial charge >= 0.3 is 0 Å². The van der Waals surface area contributed by atoms with E-state index in [4.69, 9.17) is 11.6 Å². The summed E-state index contributed by atoms with van der Waals surface area (Å²) in [5.41, 5.74) is 1.51. The molecule has 0 saturated heterocycles.